The van der Waals surface area contributed by atoms with E-state index in [9.17, 15) is 9.59 Å². The van der Waals surface area contributed by atoms with Crippen LogP contribution in [-0.4, -0.2) is 18.4 Å². The predicted octanol–water partition coefficient (Wildman–Crippen LogP) is 2.11. The van der Waals surface area contributed by atoms with E-state index in [0.717, 1.165) is 12.8 Å². The van der Waals surface area contributed by atoms with Crippen molar-refractivity contribution in [2.45, 2.75) is 33.1 Å². The highest BCUT2D eigenvalue weighted by atomic mass is 16.5. The third-order valence-corrected chi connectivity index (χ3v) is 2.47. The molecule has 0 aromatic carbocycles. The Kier molecular flexibility index (Phi) is 4.53. The van der Waals surface area contributed by atoms with Gasteiger partial charge in [-0.3, -0.25) is 9.59 Å². The Hall–Kier alpha value is -1.12. The fourth-order valence-electron chi connectivity index (χ4n) is 1.45. The predicted molar refractivity (Wildman–Crippen MR) is 57.3 cm³/mol. The van der Waals surface area contributed by atoms with Gasteiger partial charge < -0.3 is 4.74 Å². The van der Waals surface area contributed by atoms with Gasteiger partial charge in [-0.15, -0.1) is 0 Å². The number of hydrogen-bond acceptors (Lipinski definition) is 3. The maximum Gasteiger partial charge on any atom is 0.316 e. The van der Waals surface area contributed by atoms with Gasteiger partial charge in [-0.1, -0.05) is 19.9 Å². The molecule has 3 nitrogen and oxygen atoms in total. The van der Waals surface area contributed by atoms with Gasteiger partial charge in [0.2, 0.25) is 0 Å². The molecular formula is C12H18O3. The van der Waals surface area contributed by atoms with Gasteiger partial charge in [0.25, 0.3) is 0 Å². The van der Waals surface area contributed by atoms with Gasteiger partial charge in [0, 0.05) is 0 Å². The lowest BCUT2D eigenvalue weighted by atomic mass is 9.93. The molecule has 0 radical (unpaired) electrons. The molecule has 1 unspecified atom stereocenters. The molecule has 84 valence electrons. The van der Waals surface area contributed by atoms with Crippen LogP contribution in [0.25, 0.3) is 0 Å². The van der Waals surface area contributed by atoms with Crippen LogP contribution >= 0.6 is 0 Å². The Morgan fingerprint density at radius 3 is 2.93 bits per heavy atom. The van der Waals surface area contributed by atoms with Gasteiger partial charge in [0.1, 0.15) is 5.92 Å². The number of allylic oxidation sites excluding steroid dienone is 2. The van der Waals surface area contributed by atoms with Gasteiger partial charge in [-0.2, -0.15) is 0 Å². The second-order valence-corrected chi connectivity index (χ2v) is 4.28. The van der Waals surface area contributed by atoms with Gasteiger partial charge >= 0.3 is 5.97 Å². The number of carbonyl (C=O) groups excluding carboxylic acids is 2. The fraction of sp³-hybridized carbons (Fsp3) is 0.667. The summed E-state index contributed by atoms with van der Waals surface area (Å²) in [6, 6.07) is 0. The summed E-state index contributed by atoms with van der Waals surface area (Å²) < 4.78 is 5.07. The third-order valence-electron chi connectivity index (χ3n) is 2.47. The first-order chi connectivity index (χ1) is 7.11. The topological polar surface area (TPSA) is 43.4 Å². The zero-order chi connectivity index (χ0) is 11.3. The number of ketones is 1. The number of hydrogen-bond donors (Lipinski definition) is 0. The summed E-state index contributed by atoms with van der Waals surface area (Å²) in [5, 5.41) is 0. The van der Waals surface area contributed by atoms with Gasteiger partial charge in [0.05, 0.1) is 6.61 Å². The summed E-state index contributed by atoms with van der Waals surface area (Å²) in [5.74, 6) is -0.511. The third kappa shape index (κ3) is 3.86. The van der Waals surface area contributed by atoms with Crippen LogP contribution in [0.15, 0.2) is 12.2 Å². The van der Waals surface area contributed by atoms with Crippen LogP contribution in [0.5, 0.6) is 0 Å². The lowest BCUT2D eigenvalue weighted by molar-refractivity contribution is -0.151. The van der Waals surface area contributed by atoms with E-state index in [1.807, 2.05) is 0 Å². The molecule has 0 amide bonds. The molecule has 0 aromatic heterocycles. The molecule has 1 aliphatic rings. The molecular weight excluding hydrogens is 192 g/mol. The minimum atomic E-state index is -0.554. The van der Waals surface area contributed by atoms with E-state index < -0.39 is 5.92 Å². The monoisotopic (exact) mass is 210 g/mol. The highest BCUT2D eigenvalue weighted by molar-refractivity contribution is 6.05. The summed E-state index contributed by atoms with van der Waals surface area (Å²) in [7, 11) is 0. The summed E-state index contributed by atoms with van der Waals surface area (Å²) >= 11 is 0. The maximum absolute atomic E-state index is 11.5. The van der Waals surface area contributed by atoms with Crippen LogP contribution in [0.1, 0.15) is 33.1 Å². The molecule has 1 atom stereocenters. The molecule has 0 aliphatic heterocycles. The second kappa shape index (κ2) is 5.69. The molecule has 0 saturated heterocycles. The lowest BCUT2D eigenvalue weighted by Crippen LogP contribution is -2.27. The Balaban J connectivity index is 2.33. The number of carbonyl (C=O) groups is 2. The van der Waals surface area contributed by atoms with Crippen molar-refractivity contribution in [2.24, 2.45) is 11.8 Å². The standard InChI is InChI=1S/C12H18O3/c1-9(2)7-8-15-12(14)10-5-3-4-6-11(10)13/h4,6,9-10H,3,5,7-8H2,1-2H3. The molecule has 1 rings (SSSR count). The van der Waals surface area contributed by atoms with Crippen molar-refractivity contribution < 1.29 is 14.3 Å². The van der Waals surface area contributed by atoms with E-state index in [1.54, 1.807) is 6.08 Å². The molecule has 0 bridgehead atoms. The first-order valence-electron chi connectivity index (χ1n) is 5.48. The van der Waals surface area contributed by atoms with Crippen molar-refractivity contribution in [1.29, 1.82) is 0 Å². The average Bonchev–Trinajstić information content (AvgIpc) is 2.17. The van der Waals surface area contributed by atoms with Crippen molar-refractivity contribution in [3.05, 3.63) is 12.2 Å². The Labute approximate surface area is 90.5 Å². The van der Waals surface area contributed by atoms with E-state index in [0.29, 0.717) is 18.9 Å². The highest BCUT2D eigenvalue weighted by Crippen LogP contribution is 2.16. The molecule has 0 N–H and O–H groups in total. The first kappa shape index (κ1) is 12.0. The Morgan fingerprint density at radius 2 is 2.33 bits per heavy atom. The normalized spacial score (nSPS) is 20.7. The lowest BCUT2D eigenvalue weighted by Gasteiger charge is -2.15. The summed E-state index contributed by atoms with van der Waals surface area (Å²) in [5.41, 5.74) is 0. The average molecular weight is 210 g/mol. The largest absolute Gasteiger partial charge is 0.465 e. The van der Waals surface area contributed by atoms with Crippen LogP contribution < -0.4 is 0 Å². The SMILES string of the molecule is CC(C)CCOC(=O)C1CCC=CC1=O. The molecule has 15 heavy (non-hydrogen) atoms. The molecule has 0 saturated carbocycles. The zero-order valence-electron chi connectivity index (χ0n) is 9.36. The summed E-state index contributed by atoms with van der Waals surface area (Å²) in [6.45, 7) is 4.56. The molecule has 0 heterocycles. The van der Waals surface area contributed by atoms with Gasteiger partial charge in [-0.05, 0) is 31.3 Å². The van der Waals surface area contributed by atoms with E-state index in [-0.39, 0.29) is 11.8 Å². The van der Waals surface area contributed by atoms with Crippen LogP contribution in [0.2, 0.25) is 0 Å². The summed E-state index contributed by atoms with van der Waals surface area (Å²) in [4.78, 5) is 22.9. The maximum atomic E-state index is 11.5. The van der Waals surface area contributed by atoms with Crippen molar-refractivity contribution in [3.63, 3.8) is 0 Å². The van der Waals surface area contributed by atoms with Crippen molar-refractivity contribution >= 4 is 11.8 Å². The van der Waals surface area contributed by atoms with E-state index in [1.165, 1.54) is 6.08 Å². The molecule has 3 heteroatoms. The van der Waals surface area contributed by atoms with E-state index in [4.69, 9.17) is 4.74 Å². The summed E-state index contributed by atoms with van der Waals surface area (Å²) in [6.07, 6.45) is 5.52. The number of rotatable bonds is 4. The smallest absolute Gasteiger partial charge is 0.316 e. The number of ether oxygens (including phenoxy) is 1. The van der Waals surface area contributed by atoms with Crippen LogP contribution in [-0.2, 0) is 14.3 Å². The van der Waals surface area contributed by atoms with Crippen molar-refractivity contribution in [2.75, 3.05) is 6.61 Å². The molecule has 0 aromatic rings. The molecule has 0 fully saturated rings. The quantitative estimate of drug-likeness (QED) is 0.527. The minimum Gasteiger partial charge on any atom is -0.465 e. The van der Waals surface area contributed by atoms with Crippen LogP contribution in [0, 0.1) is 11.8 Å². The zero-order valence-corrected chi connectivity index (χ0v) is 9.36. The van der Waals surface area contributed by atoms with Crippen LogP contribution in [0.3, 0.4) is 0 Å². The van der Waals surface area contributed by atoms with Crippen molar-refractivity contribution in [1.82, 2.24) is 0 Å². The van der Waals surface area contributed by atoms with Crippen molar-refractivity contribution in [3.8, 4) is 0 Å². The fourth-order valence-corrected chi connectivity index (χ4v) is 1.45. The minimum absolute atomic E-state index is 0.115. The second-order valence-electron chi connectivity index (χ2n) is 4.28. The molecule has 1 aliphatic carbocycles. The van der Waals surface area contributed by atoms with Gasteiger partial charge in [0.15, 0.2) is 5.78 Å². The number of esters is 1. The highest BCUT2D eigenvalue weighted by Gasteiger charge is 2.27. The first-order valence-corrected chi connectivity index (χ1v) is 5.48. The van der Waals surface area contributed by atoms with E-state index >= 15 is 0 Å². The van der Waals surface area contributed by atoms with Gasteiger partial charge in [-0.25, -0.2) is 0 Å². The Morgan fingerprint density at radius 1 is 1.60 bits per heavy atom. The van der Waals surface area contributed by atoms with E-state index in [2.05, 4.69) is 13.8 Å². The molecule has 0 spiro atoms. The Bertz CT molecular complexity index is 266. The van der Waals surface area contributed by atoms with Crippen LogP contribution in [0.4, 0.5) is 0 Å².